The van der Waals surface area contributed by atoms with Gasteiger partial charge in [-0.05, 0) is 87.6 Å². The topological polar surface area (TPSA) is 122 Å². The summed E-state index contributed by atoms with van der Waals surface area (Å²) in [4.78, 5) is 43.3. The smallest absolute Gasteiger partial charge is 0.338 e. The van der Waals surface area contributed by atoms with Crippen molar-refractivity contribution in [2.45, 2.75) is 89.1 Å². The number of benzene rings is 3. The lowest BCUT2D eigenvalue weighted by Crippen LogP contribution is -2.59. The van der Waals surface area contributed by atoms with Gasteiger partial charge in [-0.3, -0.25) is 9.59 Å². The molecule has 2 aliphatic rings. The lowest BCUT2D eigenvalue weighted by Gasteiger charge is -2.49. The van der Waals surface area contributed by atoms with Gasteiger partial charge in [0.1, 0.15) is 5.60 Å². The van der Waals surface area contributed by atoms with E-state index in [0.29, 0.717) is 40.1 Å². The second kappa shape index (κ2) is 14.2. The number of sulfonamides is 1. The Morgan fingerprint density at radius 2 is 1.62 bits per heavy atom. The molecule has 1 aliphatic heterocycles. The molecule has 256 valence electrons. The van der Waals surface area contributed by atoms with Gasteiger partial charge in [0.25, 0.3) is 5.91 Å². The summed E-state index contributed by atoms with van der Waals surface area (Å²) >= 11 is 13.1. The number of hydrogen-bond acceptors (Lipinski definition) is 6. The molecule has 3 aromatic rings. The van der Waals surface area contributed by atoms with E-state index in [1.165, 1.54) is 0 Å². The molecule has 5 atom stereocenters. The highest BCUT2D eigenvalue weighted by molar-refractivity contribution is 7.88. The van der Waals surface area contributed by atoms with Crippen molar-refractivity contribution in [1.82, 2.24) is 14.9 Å². The van der Waals surface area contributed by atoms with E-state index in [0.717, 1.165) is 24.7 Å². The number of esters is 1. The van der Waals surface area contributed by atoms with E-state index in [4.69, 9.17) is 27.9 Å². The molecule has 0 saturated heterocycles. The molecular weight excluding hydrogens is 673 g/mol. The van der Waals surface area contributed by atoms with Crippen LogP contribution in [-0.4, -0.2) is 55.0 Å². The quantitative estimate of drug-likeness (QED) is 0.243. The zero-order valence-corrected chi connectivity index (χ0v) is 30.0. The second-order valence-corrected chi connectivity index (χ2v) is 16.2. The van der Waals surface area contributed by atoms with Crippen LogP contribution in [-0.2, 0) is 19.6 Å². The van der Waals surface area contributed by atoms with Crippen LogP contribution in [0.3, 0.4) is 0 Å². The Hall–Kier alpha value is -3.44. The monoisotopic (exact) mass is 713 g/mol. The summed E-state index contributed by atoms with van der Waals surface area (Å²) in [5.74, 6) is -1.99. The summed E-state index contributed by atoms with van der Waals surface area (Å²) in [5.41, 5.74) is 1.97. The van der Waals surface area contributed by atoms with Crippen LogP contribution in [0.25, 0.3) is 0 Å². The number of hydrogen-bond donors (Lipinski definition) is 2. The number of fused-ring (bicyclic) bond motifs is 1. The van der Waals surface area contributed by atoms with Crippen molar-refractivity contribution < 1.29 is 27.5 Å². The maximum Gasteiger partial charge on any atom is 0.338 e. The Kier molecular flexibility index (Phi) is 10.6. The molecule has 9 nitrogen and oxygen atoms in total. The first kappa shape index (κ1) is 35.9. The van der Waals surface area contributed by atoms with Crippen LogP contribution in [0, 0.1) is 0 Å². The highest BCUT2D eigenvalue weighted by atomic mass is 35.5. The lowest BCUT2D eigenvalue weighted by molar-refractivity contribution is -0.125. The van der Waals surface area contributed by atoms with Crippen molar-refractivity contribution in [3.05, 3.63) is 105 Å². The van der Waals surface area contributed by atoms with E-state index >= 15 is 0 Å². The summed E-state index contributed by atoms with van der Waals surface area (Å²) in [6, 6.07) is 16.4. The first-order valence-electron chi connectivity index (χ1n) is 16.0. The van der Waals surface area contributed by atoms with Crippen molar-refractivity contribution in [2.24, 2.45) is 0 Å². The first-order valence-corrected chi connectivity index (χ1v) is 18.7. The highest BCUT2D eigenvalue weighted by Gasteiger charge is 2.49. The predicted molar refractivity (Wildman–Crippen MR) is 187 cm³/mol. The summed E-state index contributed by atoms with van der Waals surface area (Å²) in [7, 11) is -3.60. The molecule has 12 heteroatoms. The molecule has 2 amide bonds. The predicted octanol–water partition coefficient (Wildman–Crippen LogP) is 6.97. The summed E-state index contributed by atoms with van der Waals surface area (Å²) in [5, 5.41) is 3.83. The molecule has 1 aliphatic carbocycles. The van der Waals surface area contributed by atoms with Crippen LogP contribution in [0.5, 0.6) is 0 Å². The fourth-order valence-corrected chi connectivity index (χ4v) is 8.10. The third-order valence-electron chi connectivity index (χ3n) is 8.80. The number of amides is 2. The number of nitrogens with zero attached hydrogens (tertiary/aromatic N) is 1. The van der Waals surface area contributed by atoms with Crippen LogP contribution in [0.15, 0.2) is 66.7 Å². The molecule has 1 fully saturated rings. The van der Waals surface area contributed by atoms with E-state index in [2.05, 4.69) is 10.0 Å². The SMILES string of the molecule is CC(NC(=O)[C@@H]1c2ccccc2C(=O)N([C@H]2CCCC[C@@H]2NS(C)(=O)=O)[C@H]1c1ccc(Cl)cc1Cl)c1ccc(C(=O)OC(C)(C)C)cc1. The van der Waals surface area contributed by atoms with Crippen LogP contribution in [0.2, 0.25) is 10.0 Å². The standard InChI is InChI=1S/C36H41Cl2N3O6S/c1-21(22-14-16-23(17-15-22)35(44)47-36(2,3)4)39-33(42)31-25-10-6-7-11-26(25)34(43)41(32(31)27-19-18-24(37)20-28(27)38)30-13-9-8-12-29(30)40-48(5,45)46/h6-7,10-11,14-21,29-32,40H,8-9,12-13H2,1-5H3,(H,39,42)/t21?,29-,30-,31+,32-/m0/s1. The summed E-state index contributed by atoms with van der Waals surface area (Å²) in [6.07, 6.45) is 3.77. The molecule has 1 unspecified atom stereocenters. The molecule has 3 aromatic carbocycles. The number of halogens is 2. The number of nitrogens with one attached hydrogen (secondary N) is 2. The average molecular weight is 715 g/mol. The van der Waals surface area contributed by atoms with Gasteiger partial charge in [0, 0.05) is 27.7 Å². The van der Waals surface area contributed by atoms with Gasteiger partial charge in [-0.2, -0.15) is 0 Å². The molecule has 48 heavy (non-hydrogen) atoms. The van der Waals surface area contributed by atoms with Gasteiger partial charge in [0.15, 0.2) is 0 Å². The second-order valence-electron chi connectivity index (χ2n) is 13.6. The van der Waals surface area contributed by atoms with Gasteiger partial charge in [-0.1, -0.05) is 72.4 Å². The Bertz CT molecular complexity index is 1810. The van der Waals surface area contributed by atoms with Crippen LogP contribution < -0.4 is 10.0 Å². The number of carbonyl (C=O) groups is 3. The Labute approximate surface area is 292 Å². The van der Waals surface area contributed by atoms with E-state index in [1.54, 1.807) is 92.4 Å². The first-order chi connectivity index (χ1) is 22.5. The van der Waals surface area contributed by atoms with Crippen LogP contribution in [0.1, 0.15) is 109 Å². The van der Waals surface area contributed by atoms with Gasteiger partial charge in [0.2, 0.25) is 15.9 Å². The van der Waals surface area contributed by atoms with Crippen molar-refractivity contribution in [3.8, 4) is 0 Å². The Morgan fingerprint density at radius 3 is 2.27 bits per heavy atom. The summed E-state index contributed by atoms with van der Waals surface area (Å²) in [6.45, 7) is 7.25. The van der Waals surface area contributed by atoms with Crippen molar-refractivity contribution >= 4 is 51.0 Å². The maximum absolute atomic E-state index is 14.6. The molecule has 2 N–H and O–H groups in total. The largest absolute Gasteiger partial charge is 0.456 e. The van der Waals surface area contributed by atoms with Crippen molar-refractivity contribution in [1.29, 1.82) is 0 Å². The van der Waals surface area contributed by atoms with E-state index in [9.17, 15) is 22.8 Å². The molecule has 0 aromatic heterocycles. The van der Waals surface area contributed by atoms with Crippen molar-refractivity contribution in [3.63, 3.8) is 0 Å². The Morgan fingerprint density at radius 1 is 0.958 bits per heavy atom. The Balaban J connectivity index is 1.56. The fourth-order valence-electron chi connectivity index (χ4n) is 6.76. The van der Waals surface area contributed by atoms with Gasteiger partial charge in [-0.25, -0.2) is 17.9 Å². The number of ether oxygens (including phenoxy) is 1. The third kappa shape index (κ3) is 8.05. The van der Waals surface area contributed by atoms with E-state index in [1.807, 2.05) is 6.92 Å². The zero-order valence-electron chi connectivity index (χ0n) is 27.6. The zero-order chi connectivity index (χ0) is 35.0. The van der Waals surface area contributed by atoms with E-state index < -0.39 is 51.7 Å². The minimum atomic E-state index is -3.60. The third-order valence-corrected chi connectivity index (χ3v) is 10.1. The minimum Gasteiger partial charge on any atom is -0.456 e. The fraction of sp³-hybridized carbons (Fsp3) is 0.417. The van der Waals surface area contributed by atoms with Crippen LogP contribution in [0.4, 0.5) is 0 Å². The molecule has 1 saturated carbocycles. The highest BCUT2D eigenvalue weighted by Crippen LogP contribution is 2.48. The maximum atomic E-state index is 14.6. The van der Waals surface area contributed by atoms with Crippen molar-refractivity contribution in [2.75, 3.05) is 6.26 Å². The van der Waals surface area contributed by atoms with Gasteiger partial charge >= 0.3 is 5.97 Å². The molecule has 0 radical (unpaired) electrons. The van der Waals surface area contributed by atoms with Gasteiger partial charge in [-0.15, -0.1) is 0 Å². The van der Waals surface area contributed by atoms with Crippen LogP contribution >= 0.6 is 23.2 Å². The molecule has 1 heterocycles. The summed E-state index contributed by atoms with van der Waals surface area (Å²) < 4.78 is 33.2. The molecule has 0 bridgehead atoms. The lowest BCUT2D eigenvalue weighted by atomic mass is 9.76. The molecular formula is C36H41Cl2N3O6S. The number of carbonyl (C=O) groups excluding carboxylic acids is 3. The normalized spacial score (nSPS) is 22.1. The minimum absolute atomic E-state index is 0.289. The van der Waals surface area contributed by atoms with Gasteiger partial charge in [0.05, 0.1) is 29.8 Å². The number of rotatable bonds is 8. The molecule has 5 rings (SSSR count). The van der Waals surface area contributed by atoms with E-state index in [-0.39, 0.29) is 16.8 Å². The average Bonchev–Trinajstić information content (AvgIpc) is 3.00. The van der Waals surface area contributed by atoms with Gasteiger partial charge < -0.3 is 15.0 Å². The molecule has 0 spiro atoms.